The molecule has 0 spiro atoms. The van der Waals surface area contributed by atoms with Gasteiger partial charge in [-0.05, 0) is 38.7 Å². The number of likely N-dealkylation sites (tertiary alicyclic amines) is 1. The fraction of sp³-hybridized carbons (Fsp3) is 0.643. The molecule has 1 aromatic heterocycles. The lowest BCUT2D eigenvalue weighted by Crippen LogP contribution is -2.44. The summed E-state index contributed by atoms with van der Waals surface area (Å²) < 4.78 is 1.88. The maximum Gasteiger partial charge on any atom is 0.270 e. The summed E-state index contributed by atoms with van der Waals surface area (Å²) >= 11 is 5.99. The summed E-state index contributed by atoms with van der Waals surface area (Å²) in [4.78, 5) is 14.5. The first-order valence-corrected chi connectivity index (χ1v) is 7.32. The third-order valence-corrected chi connectivity index (χ3v) is 3.98. The number of piperidine rings is 1. The van der Waals surface area contributed by atoms with Crippen molar-refractivity contribution in [3.8, 4) is 0 Å². The molecule has 1 aliphatic heterocycles. The van der Waals surface area contributed by atoms with Crippen molar-refractivity contribution in [2.24, 2.45) is 0 Å². The van der Waals surface area contributed by atoms with Gasteiger partial charge in [-0.25, -0.2) is 0 Å². The zero-order valence-electron chi connectivity index (χ0n) is 11.3. The van der Waals surface area contributed by atoms with E-state index in [4.69, 9.17) is 16.7 Å². The lowest BCUT2D eigenvalue weighted by Gasteiger charge is -2.35. The van der Waals surface area contributed by atoms with Crippen LogP contribution in [0.4, 0.5) is 0 Å². The van der Waals surface area contributed by atoms with Crippen LogP contribution in [0.2, 0.25) is 5.02 Å². The van der Waals surface area contributed by atoms with Crippen LogP contribution in [0.3, 0.4) is 0 Å². The summed E-state index contributed by atoms with van der Waals surface area (Å²) in [5.74, 6) is 0.0342. The Morgan fingerprint density at radius 2 is 2.32 bits per heavy atom. The Balaban J connectivity index is 2.20. The van der Waals surface area contributed by atoms with E-state index >= 15 is 0 Å². The Bertz CT molecular complexity index is 443. The van der Waals surface area contributed by atoms with Gasteiger partial charge in [0.05, 0.1) is 5.02 Å². The predicted molar refractivity (Wildman–Crippen MR) is 75.5 cm³/mol. The highest BCUT2D eigenvalue weighted by atomic mass is 35.5. The molecule has 4 nitrogen and oxygen atoms in total. The maximum absolute atomic E-state index is 12.6. The van der Waals surface area contributed by atoms with E-state index in [0.717, 1.165) is 32.4 Å². The molecule has 19 heavy (non-hydrogen) atoms. The molecule has 0 aliphatic carbocycles. The Labute approximate surface area is 119 Å². The molecule has 5 heteroatoms. The van der Waals surface area contributed by atoms with Crippen molar-refractivity contribution >= 4 is 17.5 Å². The molecule has 1 saturated heterocycles. The number of aryl methyl sites for hydroxylation is 1. The van der Waals surface area contributed by atoms with Gasteiger partial charge in [-0.3, -0.25) is 4.79 Å². The number of aliphatic hydroxyl groups is 1. The average molecular weight is 285 g/mol. The summed E-state index contributed by atoms with van der Waals surface area (Å²) in [6.07, 6.45) is 5.59. The highest BCUT2D eigenvalue weighted by molar-refractivity contribution is 6.31. The molecular formula is C14H21ClN2O2. The van der Waals surface area contributed by atoms with Gasteiger partial charge in [0.1, 0.15) is 5.69 Å². The molecule has 1 N–H and O–H groups in total. The van der Waals surface area contributed by atoms with E-state index in [2.05, 4.69) is 0 Å². The molecule has 2 rings (SSSR count). The van der Waals surface area contributed by atoms with Crippen LogP contribution in [0.15, 0.2) is 12.3 Å². The van der Waals surface area contributed by atoms with Crippen LogP contribution < -0.4 is 0 Å². The number of carbonyl (C=O) groups is 1. The molecule has 0 radical (unpaired) electrons. The standard InChI is InChI=1S/C14H21ClN2O2/c1-2-16-10-11(15)9-13(16)14(19)17-7-4-3-5-12(17)6-8-18/h9-10,12,18H,2-8H2,1H3. The molecular weight excluding hydrogens is 264 g/mol. The van der Waals surface area contributed by atoms with Crippen molar-refractivity contribution in [2.75, 3.05) is 13.2 Å². The smallest absolute Gasteiger partial charge is 0.270 e. The average Bonchev–Trinajstić information content (AvgIpc) is 2.80. The molecule has 0 bridgehead atoms. The molecule has 1 aromatic rings. The summed E-state index contributed by atoms with van der Waals surface area (Å²) in [7, 11) is 0. The number of rotatable bonds is 4. The molecule has 1 unspecified atom stereocenters. The van der Waals surface area contributed by atoms with Gasteiger partial charge in [0.2, 0.25) is 0 Å². The Morgan fingerprint density at radius 1 is 1.53 bits per heavy atom. The van der Waals surface area contributed by atoms with Gasteiger partial charge in [0.15, 0.2) is 0 Å². The van der Waals surface area contributed by atoms with E-state index in [1.165, 1.54) is 0 Å². The van der Waals surface area contributed by atoms with E-state index in [1.807, 2.05) is 16.4 Å². The molecule has 1 fully saturated rings. The number of aliphatic hydroxyl groups excluding tert-OH is 1. The SMILES string of the molecule is CCn1cc(Cl)cc1C(=O)N1CCCCC1CCO. The molecule has 0 aromatic carbocycles. The van der Waals surface area contributed by atoms with Crippen molar-refractivity contribution in [1.82, 2.24) is 9.47 Å². The van der Waals surface area contributed by atoms with E-state index in [-0.39, 0.29) is 18.6 Å². The van der Waals surface area contributed by atoms with Crippen molar-refractivity contribution in [3.63, 3.8) is 0 Å². The summed E-state index contributed by atoms with van der Waals surface area (Å²) in [5, 5.41) is 9.73. The van der Waals surface area contributed by atoms with E-state index < -0.39 is 0 Å². The van der Waals surface area contributed by atoms with Crippen molar-refractivity contribution in [2.45, 2.75) is 45.2 Å². The van der Waals surface area contributed by atoms with Crippen LogP contribution in [0, 0.1) is 0 Å². The minimum absolute atomic E-state index is 0.0342. The summed E-state index contributed by atoms with van der Waals surface area (Å²) in [6.45, 7) is 3.63. The fourth-order valence-electron chi connectivity index (χ4n) is 2.78. The topological polar surface area (TPSA) is 45.5 Å². The minimum Gasteiger partial charge on any atom is -0.396 e. The molecule has 106 valence electrons. The van der Waals surface area contributed by atoms with Crippen LogP contribution >= 0.6 is 11.6 Å². The number of amides is 1. The van der Waals surface area contributed by atoms with Gasteiger partial charge in [-0.1, -0.05) is 11.6 Å². The van der Waals surface area contributed by atoms with Crippen LogP contribution in [0.25, 0.3) is 0 Å². The van der Waals surface area contributed by atoms with Crippen LogP contribution in [-0.4, -0.2) is 39.7 Å². The fourth-order valence-corrected chi connectivity index (χ4v) is 3.00. The lowest BCUT2D eigenvalue weighted by molar-refractivity contribution is 0.0564. The Kier molecular flexibility index (Phi) is 4.88. The third-order valence-electron chi connectivity index (χ3n) is 3.77. The lowest BCUT2D eigenvalue weighted by atomic mass is 9.99. The largest absolute Gasteiger partial charge is 0.396 e. The molecule has 1 atom stereocenters. The summed E-state index contributed by atoms with van der Waals surface area (Å²) in [6, 6.07) is 1.89. The van der Waals surface area contributed by atoms with Gasteiger partial charge in [0, 0.05) is 31.9 Å². The van der Waals surface area contributed by atoms with Gasteiger partial charge in [-0.15, -0.1) is 0 Å². The van der Waals surface area contributed by atoms with Crippen LogP contribution in [0.5, 0.6) is 0 Å². The predicted octanol–water partition coefficient (Wildman–Crippen LogP) is 2.54. The number of hydrogen-bond donors (Lipinski definition) is 1. The first-order valence-electron chi connectivity index (χ1n) is 6.95. The monoisotopic (exact) mass is 284 g/mol. The minimum atomic E-state index is 0.0342. The number of halogens is 1. The zero-order chi connectivity index (χ0) is 13.8. The molecule has 0 saturated carbocycles. The second-order valence-electron chi connectivity index (χ2n) is 4.99. The van der Waals surface area contributed by atoms with Gasteiger partial charge in [-0.2, -0.15) is 0 Å². The van der Waals surface area contributed by atoms with E-state index in [9.17, 15) is 4.79 Å². The quantitative estimate of drug-likeness (QED) is 0.923. The van der Waals surface area contributed by atoms with Crippen molar-refractivity contribution in [3.05, 3.63) is 23.0 Å². The molecule has 2 heterocycles. The zero-order valence-corrected chi connectivity index (χ0v) is 12.1. The van der Waals surface area contributed by atoms with Crippen LogP contribution in [0.1, 0.15) is 43.1 Å². The number of carbonyl (C=O) groups excluding carboxylic acids is 1. The van der Waals surface area contributed by atoms with E-state index in [1.54, 1.807) is 12.3 Å². The summed E-state index contributed by atoms with van der Waals surface area (Å²) in [5.41, 5.74) is 0.650. The maximum atomic E-state index is 12.6. The first kappa shape index (κ1) is 14.4. The highest BCUT2D eigenvalue weighted by Gasteiger charge is 2.28. The Hall–Kier alpha value is -1.00. The normalized spacial score (nSPS) is 19.7. The van der Waals surface area contributed by atoms with E-state index in [0.29, 0.717) is 17.1 Å². The van der Waals surface area contributed by atoms with Crippen molar-refractivity contribution in [1.29, 1.82) is 0 Å². The highest BCUT2D eigenvalue weighted by Crippen LogP contribution is 2.23. The second kappa shape index (κ2) is 6.44. The number of hydrogen-bond acceptors (Lipinski definition) is 2. The van der Waals surface area contributed by atoms with Gasteiger partial charge in [0.25, 0.3) is 5.91 Å². The van der Waals surface area contributed by atoms with Gasteiger partial charge >= 0.3 is 0 Å². The number of nitrogens with zero attached hydrogens (tertiary/aromatic N) is 2. The third kappa shape index (κ3) is 3.12. The molecule has 1 amide bonds. The Morgan fingerprint density at radius 3 is 3.00 bits per heavy atom. The van der Waals surface area contributed by atoms with Gasteiger partial charge < -0.3 is 14.6 Å². The van der Waals surface area contributed by atoms with Crippen LogP contribution in [-0.2, 0) is 6.54 Å². The number of aromatic nitrogens is 1. The van der Waals surface area contributed by atoms with Crippen molar-refractivity contribution < 1.29 is 9.90 Å². The second-order valence-corrected chi connectivity index (χ2v) is 5.43. The first-order chi connectivity index (χ1) is 9.17. The molecule has 1 aliphatic rings.